The predicted molar refractivity (Wildman–Crippen MR) is 73.9 cm³/mol. The van der Waals surface area contributed by atoms with Gasteiger partial charge in [-0.2, -0.15) is 5.10 Å². The molecule has 0 N–H and O–H groups in total. The van der Waals surface area contributed by atoms with Crippen molar-refractivity contribution in [1.82, 2.24) is 25.0 Å². The predicted octanol–water partition coefficient (Wildman–Crippen LogP) is 2.02. The lowest BCUT2D eigenvalue weighted by molar-refractivity contribution is 0.123. The van der Waals surface area contributed by atoms with E-state index in [9.17, 15) is 0 Å². The first-order valence-corrected chi connectivity index (χ1v) is 7.32. The van der Waals surface area contributed by atoms with Crippen molar-refractivity contribution in [3.63, 3.8) is 0 Å². The SMILES string of the molecule is Cc1nonc1CN1CCCC[C@H]1CCn1cccn1. The Labute approximate surface area is 118 Å². The lowest BCUT2D eigenvalue weighted by Gasteiger charge is -2.35. The van der Waals surface area contributed by atoms with Gasteiger partial charge in [0.1, 0.15) is 11.4 Å². The molecule has 1 aliphatic rings. The van der Waals surface area contributed by atoms with Crippen LogP contribution in [0, 0.1) is 6.92 Å². The summed E-state index contributed by atoms with van der Waals surface area (Å²) in [7, 11) is 0. The van der Waals surface area contributed by atoms with Crippen molar-refractivity contribution in [3.05, 3.63) is 29.8 Å². The van der Waals surface area contributed by atoms with E-state index in [0.717, 1.165) is 37.4 Å². The van der Waals surface area contributed by atoms with Crippen molar-refractivity contribution >= 4 is 0 Å². The van der Waals surface area contributed by atoms with Gasteiger partial charge in [-0.3, -0.25) is 9.58 Å². The van der Waals surface area contributed by atoms with Crippen molar-refractivity contribution < 1.29 is 4.63 Å². The molecule has 6 nitrogen and oxygen atoms in total. The average molecular weight is 275 g/mol. The second-order valence-corrected chi connectivity index (χ2v) is 5.47. The van der Waals surface area contributed by atoms with Crippen molar-refractivity contribution in [3.8, 4) is 0 Å². The Kier molecular flexibility index (Phi) is 4.11. The van der Waals surface area contributed by atoms with E-state index >= 15 is 0 Å². The van der Waals surface area contributed by atoms with Gasteiger partial charge in [0, 0.05) is 31.5 Å². The monoisotopic (exact) mass is 275 g/mol. The normalized spacial score (nSPS) is 20.4. The fraction of sp³-hybridized carbons (Fsp3) is 0.643. The summed E-state index contributed by atoms with van der Waals surface area (Å²) in [5.41, 5.74) is 1.87. The largest absolute Gasteiger partial charge is 0.294 e. The maximum Gasteiger partial charge on any atom is 0.122 e. The van der Waals surface area contributed by atoms with E-state index in [1.165, 1.54) is 19.3 Å². The van der Waals surface area contributed by atoms with Crippen LogP contribution in [0.1, 0.15) is 37.1 Å². The van der Waals surface area contributed by atoms with Crippen LogP contribution < -0.4 is 0 Å². The van der Waals surface area contributed by atoms with Gasteiger partial charge in [-0.15, -0.1) is 0 Å². The van der Waals surface area contributed by atoms with Gasteiger partial charge >= 0.3 is 0 Å². The van der Waals surface area contributed by atoms with Crippen molar-refractivity contribution in [1.29, 1.82) is 0 Å². The summed E-state index contributed by atoms with van der Waals surface area (Å²) in [6.07, 6.45) is 8.83. The fourth-order valence-electron chi connectivity index (χ4n) is 2.89. The molecule has 0 saturated carbocycles. The van der Waals surface area contributed by atoms with Gasteiger partial charge in [-0.1, -0.05) is 16.7 Å². The van der Waals surface area contributed by atoms with Gasteiger partial charge in [0.05, 0.1) is 0 Å². The van der Waals surface area contributed by atoms with E-state index in [2.05, 4.69) is 20.3 Å². The highest BCUT2D eigenvalue weighted by atomic mass is 16.6. The summed E-state index contributed by atoms with van der Waals surface area (Å²) in [5, 5.41) is 12.2. The number of aryl methyl sites for hydroxylation is 2. The molecule has 0 amide bonds. The number of piperidine rings is 1. The zero-order valence-electron chi connectivity index (χ0n) is 11.9. The standard InChI is InChI=1S/C14H21N5O/c1-12-14(17-20-16-12)11-18-8-3-2-5-13(18)6-10-19-9-4-7-15-19/h4,7,9,13H,2-3,5-6,8,10-11H2,1H3/t13-/m0/s1. The van der Waals surface area contributed by atoms with Crippen LogP contribution in [-0.4, -0.2) is 37.6 Å². The number of nitrogens with zero attached hydrogens (tertiary/aromatic N) is 5. The maximum atomic E-state index is 4.80. The molecule has 1 aliphatic heterocycles. The van der Waals surface area contributed by atoms with Gasteiger partial charge in [-0.25, -0.2) is 4.63 Å². The summed E-state index contributed by atoms with van der Waals surface area (Å²) < 4.78 is 6.81. The number of likely N-dealkylation sites (tertiary alicyclic amines) is 1. The van der Waals surface area contributed by atoms with Gasteiger partial charge in [0.2, 0.25) is 0 Å². The van der Waals surface area contributed by atoms with E-state index in [-0.39, 0.29) is 0 Å². The molecule has 2 aromatic rings. The molecule has 0 unspecified atom stereocenters. The number of aromatic nitrogens is 4. The van der Waals surface area contributed by atoms with E-state index < -0.39 is 0 Å². The lowest BCUT2D eigenvalue weighted by atomic mass is 9.99. The van der Waals surface area contributed by atoms with Crippen molar-refractivity contribution in [2.45, 2.75) is 51.7 Å². The second kappa shape index (κ2) is 6.17. The van der Waals surface area contributed by atoms with E-state index in [4.69, 9.17) is 4.63 Å². The van der Waals surface area contributed by atoms with Crippen LogP contribution in [0.15, 0.2) is 23.1 Å². The first-order chi connectivity index (χ1) is 9.83. The van der Waals surface area contributed by atoms with Crippen LogP contribution in [0.4, 0.5) is 0 Å². The number of hydrogen-bond donors (Lipinski definition) is 0. The minimum absolute atomic E-state index is 0.601. The van der Waals surface area contributed by atoms with Crippen LogP contribution in [-0.2, 0) is 13.1 Å². The molecule has 0 bridgehead atoms. The van der Waals surface area contributed by atoms with E-state index in [1.54, 1.807) is 0 Å². The van der Waals surface area contributed by atoms with Crippen LogP contribution in [0.3, 0.4) is 0 Å². The third-order valence-corrected chi connectivity index (χ3v) is 4.10. The molecule has 1 fully saturated rings. The molecule has 1 saturated heterocycles. The molecule has 3 rings (SSSR count). The van der Waals surface area contributed by atoms with Gasteiger partial charge in [0.25, 0.3) is 0 Å². The molecule has 108 valence electrons. The molecule has 0 spiro atoms. The third-order valence-electron chi connectivity index (χ3n) is 4.10. The fourth-order valence-corrected chi connectivity index (χ4v) is 2.89. The molecule has 3 heterocycles. The zero-order valence-corrected chi connectivity index (χ0v) is 11.9. The Balaban J connectivity index is 1.60. The minimum atomic E-state index is 0.601. The summed E-state index contributed by atoms with van der Waals surface area (Å²) in [6.45, 7) is 4.91. The minimum Gasteiger partial charge on any atom is -0.294 e. The summed E-state index contributed by atoms with van der Waals surface area (Å²) in [4.78, 5) is 2.51. The van der Waals surface area contributed by atoms with E-state index in [0.29, 0.717) is 6.04 Å². The summed E-state index contributed by atoms with van der Waals surface area (Å²) in [6, 6.07) is 2.58. The zero-order chi connectivity index (χ0) is 13.8. The Morgan fingerprint density at radius 1 is 1.35 bits per heavy atom. The molecule has 1 atom stereocenters. The smallest absolute Gasteiger partial charge is 0.122 e. The van der Waals surface area contributed by atoms with Gasteiger partial charge in [0.15, 0.2) is 0 Å². The summed E-state index contributed by atoms with van der Waals surface area (Å²) in [5.74, 6) is 0. The first-order valence-electron chi connectivity index (χ1n) is 7.32. The Morgan fingerprint density at radius 3 is 3.05 bits per heavy atom. The van der Waals surface area contributed by atoms with Crippen molar-refractivity contribution in [2.24, 2.45) is 0 Å². The number of hydrogen-bond acceptors (Lipinski definition) is 5. The summed E-state index contributed by atoms with van der Waals surface area (Å²) >= 11 is 0. The maximum absolute atomic E-state index is 4.80. The average Bonchev–Trinajstić information content (AvgIpc) is 3.11. The molecule has 20 heavy (non-hydrogen) atoms. The Hall–Kier alpha value is -1.69. The Bertz CT molecular complexity index is 521. The third kappa shape index (κ3) is 3.07. The molecule has 6 heteroatoms. The molecule has 0 aliphatic carbocycles. The highest BCUT2D eigenvalue weighted by Crippen LogP contribution is 2.22. The van der Waals surface area contributed by atoms with Crippen LogP contribution in [0.2, 0.25) is 0 Å². The number of rotatable bonds is 5. The molecule has 2 aromatic heterocycles. The quantitative estimate of drug-likeness (QED) is 0.835. The van der Waals surface area contributed by atoms with E-state index in [1.807, 2.05) is 30.1 Å². The lowest BCUT2D eigenvalue weighted by Crippen LogP contribution is -2.39. The molecule has 0 aromatic carbocycles. The van der Waals surface area contributed by atoms with Crippen molar-refractivity contribution in [2.75, 3.05) is 6.54 Å². The molecular weight excluding hydrogens is 254 g/mol. The topological polar surface area (TPSA) is 60.0 Å². The van der Waals surface area contributed by atoms with Gasteiger partial charge in [-0.05, 0) is 38.8 Å². The van der Waals surface area contributed by atoms with Crippen LogP contribution in [0.25, 0.3) is 0 Å². The van der Waals surface area contributed by atoms with Gasteiger partial charge < -0.3 is 0 Å². The molecular formula is C14H21N5O. The highest BCUT2D eigenvalue weighted by Gasteiger charge is 2.24. The Morgan fingerprint density at radius 2 is 2.30 bits per heavy atom. The van der Waals surface area contributed by atoms with Crippen LogP contribution >= 0.6 is 0 Å². The first kappa shape index (κ1) is 13.3. The highest BCUT2D eigenvalue weighted by molar-refractivity contribution is 5.04. The second-order valence-electron chi connectivity index (χ2n) is 5.47. The van der Waals surface area contributed by atoms with Crippen LogP contribution in [0.5, 0.6) is 0 Å². The molecule has 0 radical (unpaired) electrons.